The first-order valence-electron chi connectivity index (χ1n) is 4.15. The molecule has 0 aliphatic carbocycles. The van der Waals surface area contributed by atoms with Crippen LogP contribution < -0.4 is 10.6 Å². The number of hydrogen-bond donors (Lipinski definition) is 3. The summed E-state index contributed by atoms with van der Waals surface area (Å²) < 4.78 is 35.2. The molecule has 0 aromatic rings. The van der Waals surface area contributed by atoms with Crippen molar-refractivity contribution < 1.29 is 23.1 Å². The molecule has 0 aromatic carbocycles. The van der Waals surface area contributed by atoms with Crippen LogP contribution in [-0.4, -0.2) is 42.9 Å². The molecule has 90 valence electrons. The highest BCUT2D eigenvalue weighted by molar-refractivity contribution is 5.85. The summed E-state index contributed by atoms with van der Waals surface area (Å²) in [4.78, 5) is 10.4. The van der Waals surface area contributed by atoms with Gasteiger partial charge in [-0.05, 0) is 0 Å². The Morgan fingerprint density at radius 2 is 2.07 bits per heavy atom. The molecule has 15 heavy (non-hydrogen) atoms. The number of aliphatic hydroxyl groups excluding tert-OH is 1. The molecule has 0 saturated carbocycles. The minimum absolute atomic E-state index is 0. The van der Waals surface area contributed by atoms with Gasteiger partial charge >= 0.3 is 12.1 Å². The summed E-state index contributed by atoms with van der Waals surface area (Å²) >= 11 is 0. The maximum atomic E-state index is 11.7. The summed E-state index contributed by atoms with van der Waals surface area (Å²) in [5.74, 6) is -2.31. The van der Waals surface area contributed by atoms with Crippen molar-refractivity contribution in [2.24, 2.45) is 5.92 Å². The summed E-state index contributed by atoms with van der Waals surface area (Å²) in [5.41, 5.74) is 0. The minimum atomic E-state index is -4.85. The zero-order chi connectivity index (χ0) is 10.8. The molecule has 2 atom stereocenters. The molecule has 1 saturated heterocycles. The maximum Gasteiger partial charge on any atom is 0.471 e. The molecule has 3 N–H and O–H groups in total. The lowest BCUT2D eigenvalue weighted by Gasteiger charge is -2.14. The van der Waals surface area contributed by atoms with Gasteiger partial charge in [0, 0.05) is 25.6 Å². The molecule has 0 radical (unpaired) electrons. The fourth-order valence-electron chi connectivity index (χ4n) is 1.25. The SMILES string of the molecule is Cl.O=C(NC[C@@H]1CNC[C@@H]1O)C(F)(F)F. The van der Waals surface area contributed by atoms with E-state index in [1.807, 2.05) is 0 Å². The van der Waals surface area contributed by atoms with E-state index in [2.05, 4.69) is 5.32 Å². The lowest BCUT2D eigenvalue weighted by molar-refractivity contribution is -0.173. The number of carbonyl (C=O) groups is 1. The molecule has 1 aliphatic rings. The Morgan fingerprint density at radius 1 is 1.47 bits per heavy atom. The monoisotopic (exact) mass is 248 g/mol. The molecule has 4 nitrogen and oxygen atoms in total. The molecule has 1 aliphatic heterocycles. The summed E-state index contributed by atoms with van der Waals surface area (Å²) in [5, 5.41) is 13.7. The number of aliphatic hydroxyl groups is 1. The predicted octanol–water partition coefficient (Wildman–Crippen LogP) is -0.333. The second-order valence-electron chi connectivity index (χ2n) is 3.19. The third kappa shape index (κ3) is 4.23. The lowest BCUT2D eigenvalue weighted by atomic mass is 10.1. The van der Waals surface area contributed by atoms with Gasteiger partial charge in [0.15, 0.2) is 0 Å². The predicted molar refractivity (Wildman–Crippen MR) is 48.7 cm³/mol. The van der Waals surface area contributed by atoms with Crippen LogP contribution in [0.2, 0.25) is 0 Å². The van der Waals surface area contributed by atoms with Crippen LogP contribution in [0.15, 0.2) is 0 Å². The summed E-state index contributed by atoms with van der Waals surface area (Å²) in [6.45, 7) is 0.609. The van der Waals surface area contributed by atoms with E-state index < -0.39 is 18.2 Å². The quantitative estimate of drug-likeness (QED) is 0.627. The van der Waals surface area contributed by atoms with Crippen LogP contribution in [0.25, 0.3) is 0 Å². The molecule has 0 spiro atoms. The van der Waals surface area contributed by atoms with Gasteiger partial charge in [-0.25, -0.2) is 0 Å². The largest absolute Gasteiger partial charge is 0.471 e. The number of alkyl halides is 3. The topological polar surface area (TPSA) is 61.4 Å². The van der Waals surface area contributed by atoms with Gasteiger partial charge in [0.2, 0.25) is 0 Å². The van der Waals surface area contributed by atoms with E-state index in [1.54, 1.807) is 5.32 Å². The first kappa shape index (κ1) is 14.5. The fraction of sp³-hybridized carbons (Fsp3) is 0.857. The maximum absolute atomic E-state index is 11.7. The Bertz CT molecular complexity index is 225. The number of β-amino-alcohol motifs (C(OH)–C–C–N with tert-alkyl or cyclic N) is 1. The molecule has 0 unspecified atom stereocenters. The second kappa shape index (κ2) is 5.53. The van der Waals surface area contributed by atoms with Crippen molar-refractivity contribution in [1.82, 2.24) is 10.6 Å². The summed E-state index contributed by atoms with van der Waals surface area (Å²) in [6.07, 6.45) is -5.54. The van der Waals surface area contributed by atoms with Gasteiger partial charge in [-0.3, -0.25) is 4.79 Å². The smallest absolute Gasteiger partial charge is 0.391 e. The van der Waals surface area contributed by atoms with E-state index >= 15 is 0 Å². The van der Waals surface area contributed by atoms with Crippen molar-refractivity contribution in [3.63, 3.8) is 0 Å². The number of hydrogen-bond acceptors (Lipinski definition) is 3. The van der Waals surface area contributed by atoms with Crippen molar-refractivity contribution in [2.45, 2.75) is 12.3 Å². The normalized spacial score (nSPS) is 25.9. The van der Waals surface area contributed by atoms with E-state index in [4.69, 9.17) is 0 Å². The summed E-state index contributed by atoms with van der Waals surface area (Å²) in [7, 11) is 0. The van der Waals surface area contributed by atoms with Crippen molar-refractivity contribution in [1.29, 1.82) is 0 Å². The average Bonchev–Trinajstić information content (AvgIpc) is 2.45. The van der Waals surface area contributed by atoms with Gasteiger partial charge < -0.3 is 15.7 Å². The third-order valence-corrected chi connectivity index (χ3v) is 2.09. The standard InChI is InChI=1S/C7H11F3N2O2.ClH/c8-7(9,10)6(14)12-2-4-1-11-3-5(4)13;/h4-5,11,13H,1-3H2,(H,12,14);1H/t4-,5-;/m0./s1. The molecule has 1 heterocycles. The van der Waals surface area contributed by atoms with E-state index in [-0.39, 0.29) is 24.9 Å². The minimum Gasteiger partial charge on any atom is -0.391 e. The fourth-order valence-corrected chi connectivity index (χ4v) is 1.25. The molecule has 1 fully saturated rings. The third-order valence-electron chi connectivity index (χ3n) is 2.09. The van der Waals surface area contributed by atoms with Gasteiger partial charge in [0.1, 0.15) is 0 Å². The van der Waals surface area contributed by atoms with E-state index in [1.165, 1.54) is 0 Å². The van der Waals surface area contributed by atoms with E-state index in [0.717, 1.165) is 0 Å². The second-order valence-corrected chi connectivity index (χ2v) is 3.19. The van der Waals surface area contributed by atoms with Crippen molar-refractivity contribution in [3.8, 4) is 0 Å². The van der Waals surface area contributed by atoms with Crippen LogP contribution in [0, 0.1) is 5.92 Å². The van der Waals surface area contributed by atoms with Gasteiger partial charge in [0.25, 0.3) is 0 Å². The first-order valence-corrected chi connectivity index (χ1v) is 4.15. The number of halogens is 4. The molecular formula is C7H12ClF3N2O2. The highest BCUT2D eigenvalue weighted by Crippen LogP contribution is 2.15. The number of rotatable bonds is 2. The molecule has 8 heteroatoms. The Kier molecular flexibility index (Phi) is 5.33. The highest BCUT2D eigenvalue weighted by atomic mass is 35.5. The molecule has 1 amide bonds. The van der Waals surface area contributed by atoms with Crippen LogP contribution >= 0.6 is 12.4 Å². The molecule has 0 aromatic heterocycles. The highest BCUT2D eigenvalue weighted by Gasteiger charge is 2.39. The Morgan fingerprint density at radius 3 is 2.47 bits per heavy atom. The van der Waals surface area contributed by atoms with Gasteiger partial charge in [-0.15, -0.1) is 12.4 Å². The van der Waals surface area contributed by atoms with Crippen LogP contribution in [0.4, 0.5) is 13.2 Å². The van der Waals surface area contributed by atoms with Gasteiger partial charge in [0.05, 0.1) is 6.10 Å². The number of carbonyl (C=O) groups excluding carboxylic acids is 1. The van der Waals surface area contributed by atoms with E-state index in [9.17, 15) is 23.1 Å². The molecule has 1 rings (SSSR count). The van der Waals surface area contributed by atoms with Crippen molar-refractivity contribution >= 4 is 18.3 Å². The molecular weight excluding hydrogens is 237 g/mol. The van der Waals surface area contributed by atoms with Crippen LogP contribution in [-0.2, 0) is 4.79 Å². The molecule has 0 bridgehead atoms. The van der Waals surface area contributed by atoms with Crippen molar-refractivity contribution in [3.05, 3.63) is 0 Å². The van der Waals surface area contributed by atoms with Crippen molar-refractivity contribution in [2.75, 3.05) is 19.6 Å². The van der Waals surface area contributed by atoms with E-state index in [0.29, 0.717) is 13.1 Å². The average molecular weight is 249 g/mol. The van der Waals surface area contributed by atoms with Crippen LogP contribution in [0.1, 0.15) is 0 Å². The number of amides is 1. The van der Waals surface area contributed by atoms with Crippen LogP contribution in [0.5, 0.6) is 0 Å². The summed E-state index contributed by atoms with van der Waals surface area (Å²) in [6, 6.07) is 0. The lowest BCUT2D eigenvalue weighted by Crippen LogP contribution is -2.41. The Hall–Kier alpha value is -0.530. The first-order chi connectivity index (χ1) is 6.41. The zero-order valence-corrected chi connectivity index (χ0v) is 8.49. The van der Waals surface area contributed by atoms with Crippen LogP contribution in [0.3, 0.4) is 0 Å². The Balaban J connectivity index is 0.00000196. The zero-order valence-electron chi connectivity index (χ0n) is 7.67. The number of nitrogens with one attached hydrogen (secondary N) is 2. The van der Waals surface area contributed by atoms with Gasteiger partial charge in [-0.1, -0.05) is 0 Å². The Labute approximate surface area is 90.6 Å². The van der Waals surface area contributed by atoms with Gasteiger partial charge in [-0.2, -0.15) is 13.2 Å².